The fourth-order valence-electron chi connectivity index (χ4n) is 4.36. The lowest BCUT2D eigenvalue weighted by molar-refractivity contribution is 0.414. The predicted octanol–water partition coefficient (Wildman–Crippen LogP) is 6.62. The first kappa shape index (κ1) is 16.9. The number of phenols is 1. The van der Waals surface area contributed by atoms with Gasteiger partial charge in [0.1, 0.15) is 5.75 Å². The summed E-state index contributed by atoms with van der Waals surface area (Å²) in [5, 5.41) is 10.5. The van der Waals surface area contributed by atoms with E-state index in [2.05, 4.69) is 72.8 Å². The summed E-state index contributed by atoms with van der Waals surface area (Å²) in [6.45, 7) is 0. The van der Waals surface area contributed by atoms with E-state index in [-0.39, 0.29) is 5.92 Å². The normalized spacial score (nSPS) is 15.3. The van der Waals surface area contributed by atoms with Gasteiger partial charge in [-0.3, -0.25) is 0 Å². The average Bonchev–Trinajstić information content (AvgIpc) is 2.72. The Hall–Kier alpha value is -2.54. The number of rotatable bonds is 4. The fourth-order valence-corrected chi connectivity index (χ4v) is 4.36. The van der Waals surface area contributed by atoms with Gasteiger partial charge in [0.05, 0.1) is 0 Å². The van der Waals surface area contributed by atoms with Crippen LogP contribution in [0, 0.1) is 0 Å². The van der Waals surface area contributed by atoms with Gasteiger partial charge < -0.3 is 5.11 Å². The number of benzene rings is 3. The lowest BCUT2D eigenvalue weighted by Gasteiger charge is -2.25. The third-order valence-electron chi connectivity index (χ3n) is 5.70. The van der Waals surface area contributed by atoms with Crippen molar-refractivity contribution in [2.75, 3.05) is 0 Å². The van der Waals surface area contributed by atoms with Gasteiger partial charge in [0, 0.05) is 5.92 Å². The Morgan fingerprint density at radius 1 is 0.654 bits per heavy atom. The van der Waals surface area contributed by atoms with Crippen LogP contribution < -0.4 is 0 Å². The maximum Gasteiger partial charge on any atom is 0.119 e. The van der Waals surface area contributed by atoms with Crippen LogP contribution >= 0.6 is 0 Å². The molecule has 1 N–H and O–H groups in total. The summed E-state index contributed by atoms with van der Waals surface area (Å²) in [6.07, 6.45) is 6.26. The summed E-state index contributed by atoms with van der Waals surface area (Å²) in [4.78, 5) is 0. The first-order chi connectivity index (χ1) is 12.8. The smallest absolute Gasteiger partial charge is 0.119 e. The molecule has 3 aromatic carbocycles. The van der Waals surface area contributed by atoms with Crippen molar-refractivity contribution in [1.29, 1.82) is 0 Å². The first-order valence-electron chi connectivity index (χ1n) is 9.75. The Kier molecular flexibility index (Phi) is 5.06. The molecule has 1 heteroatoms. The minimum atomic E-state index is 0.195. The van der Waals surface area contributed by atoms with E-state index in [0.29, 0.717) is 11.7 Å². The number of hydrogen-bond donors (Lipinski definition) is 1. The van der Waals surface area contributed by atoms with Crippen LogP contribution in [0.5, 0.6) is 5.75 Å². The van der Waals surface area contributed by atoms with Crippen molar-refractivity contribution < 1.29 is 5.11 Å². The van der Waals surface area contributed by atoms with Crippen LogP contribution in [-0.4, -0.2) is 5.11 Å². The van der Waals surface area contributed by atoms with Gasteiger partial charge in [0.15, 0.2) is 0 Å². The largest absolute Gasteiger partial charge is 0.508 e. The standard InChI is InChI=1S/C25H26O/c26-24-17-16-22(18-23(24)19-10-4-1-5-11-19)25(20-12-6-2-7-13-20)21-14-8-3-9-15-21/h2-3,6-9,12-19,25-26H,1,4-5,10-11H2. The van der Waals surface area contributed by atoms with Gasteiger partial charge in [-0.25, -0.2) is 0 Å². The van der Waals surface area contributed by atoms with Crippen molar-refractivity contribution in [3.63, 3.8) is 0 Å². The molecule has 1 nitrogen and oxygen atoms in total. The highest BCUT2D eigenvalue weighted by atomic mass is 16.3. The highest BCUT2D eigenvalue weighted by Gasteiger charge is 2.22. The summed E-state index contributed by atoms with van der Waals surface area (Å²) >= 11 is 0. The monoisotopic (exact) mass is 342 g/mol. The minimum Gasteiger partial charge on any atom is -0.508 e. The summed E-state index contributed by atoms with van der Waals surface area (Å²) in [7, 11) is 0. The quantitative estimate of drug-likeness (QED) is 0.528. The lowest BCUT2D eigenvalue weighted by atomic mass is 9.80. The van der Waals surface area contributed by atoms with Crippen LogP contribution in [0.3, 0.4) is 0 Å². The van der Waals surface area contributed by atoms with Crippen molar-refractivity contribution in [2.45, 2.75) is 43.9 Å². The highest BCUT2D eigenvalue weighted by molar-refractivity contribution is 5.48. The van der Waals surface area contributed by atoms with E-state index >= 15 is 0 Å². The Bertz CT molecular complexity index is 793. The van der Waals surface area contributed by atoms with Crippen LogP contribution in [-0.2, 0) is 0 Å². The van der Waals surface area contributed by atoms with Gasteiger partial charge in [-0.15, -0.1) is 0 Å². The molecule has 0 heterocycles. The molecule has 0 spiro atoms. The Labute approximate surface area is 156 Å². The van der Waals surface area contributed by atoms with Crippen LogP contribution in [0.4, 0.5) is 0 Å². The van der Waals surface area contributed by atoms with Crippen LogP contribution in [0.1, 0.15) is 66.2 Å². The van der Waals surface area contributed by atoms with E-state index < -0.39 is 0 Å². The molecule has 1 saturated carbocycles. The maximum atomic E-state index is 10.5. The molecule has 0 amide bonds. The molecule has 1 aliphatic carbocycles. The molecule has 0 atom stereocenters. The SMILES string of the molecule is Oc1ccc(C(c2ccccc2)c2ccccc2)cc1C1CCCCC1. The Balaban J connectivity index is 1.79. The molecule has 0 aromatic heterocycles. The van der Waals surface area contributed by atoms with Gasteiger partial charge in [-0.2, -0.15) is 0 Å². The van der Waals surface area contributed by atoms with Crippen LogP contribution in [0.25, 0.3) is 0 Å². The molecular formula is C25H26O. The zero-order valence-corrected chi connectivity index (χ0v) is 15.1. The maximum absolute atomic E-state index is 10.5. The van der Waals surface area contributed by atoms with Gasteiger partial charge in [-0.05, 0) is 47.1 Å². The third-order valence-corrected chi connectivity index (χ3v) is 5.70. The van der Waals surface area contributed by atoms with E-state index in [4.69, 9.17) is 0 Å². The number of phenolic OH excluding ortho intramolecular Hbond substituents is 1. The summed E-state index contributed by atoms with van der Waals surface area (Å²) in [6, 6.07) is 27.6. The third kappa shape index (κ3) is 3.53. The second-order valence-electron chi connectivity index (χ2n) is 7.41. The molecule has 26 heavy (non-hydrogen) atoms. The second-order valence-corrected chi connectivity index (χ2v) is 7.41. The molecule has 0 saturated heterocycles. The van der Waals surface area contributed by atoms with E-state index in [9.17, 15) is 5.11 Å². The van der Waals surface area contributed by atoms with Crippen molar-refractivity contribution in [1.82, 2.24) is 0 Å². The number of aromatic hydroxyl groups is 1. The molecule has 0 aliphatic heterocycles. The van der Waals surface area contributed by atoms with E-state index in [1.807, 2.05) is 6.07 Å². The van der Waals surface area contributed by atoms with E-state index in [0.717, 1.165) is 5.56 Å². The van der Waals surface area contributed by atoms with Gasteiger partial charge in [-0.1, -0.05) is 92.1 Å². The molecule has 0 radical (unpaired) electrons. The topological polar surface area (TPSA) is 20.2 Å². The molecule has 132 valence electrons. The lowest BCUT2D eigenvalue weighted by Crippen LogP contribution is -2.08. The number of hydrogen-bond acceptors (Lipinski definition) is 1. The van der Waals surface area contributed by atoms with Crippen molar-refractivity contribution in [2.24, 2.45) is 0 Å². The van der Waals surface area contributed by atoms with Crippen molar-refractivity contribution in [3.8, 4) is 5.75 Å². The van der Waals surface area contributed by atoms with E-state index in [1.165, 1.54) is 48.8 Å². The van der Waals surface area contributed by atoms with Crippen LogP contribution in [0.15, 0.2) is 78.9 Å². The molecule has 4 rings (SSSR count). The summed E-state index contributed by atoms with van der Waals surface area (Å²) in [5.74, 6) is 1.15. The zero-order valence-electron chi connectivity index (χ0n) is 15.1. The zero-order chi connectivity index (χ0) is 17.8. The highest BCUT2D eigenvalue weighted by Crippen LogP contribution is 2.40. The molecule has 0 unspecified atom stereocenters. The van der Waals surface area contributed by atoms with Gasteiger partial charge in [0.2, 0.25) is 0 Å². The summed E-state index contributed by atoms with van der Waals surface area (Å²) < 4.78 is 0. The molecule has 1 fully saturated rings. The fraction of sp³-hybridized carbons (Fsp3) is 0.280. The molecule has 3 aromatic rings. The molecule has 1 aliphatic rings. The van der Waals surface area contributed by atoms with Gasteiger partial charge in [0.25, 0.3) is 0 Å². The van der Waals surface area contributed by atoms with Gasteiger partial charge >= 0.3 is 0 Å². The first-order valence-corrected chi connectivity index (χ1v) is 9.75. The van der Waals surface area contributed by atoms with Crippen LogP contribution in [0.2, 0.25) is 0 Å². The Morgan fingerprint density at radius 2 is 1.23 bits per heavy atom. The predicted molar refractivity (Wildman–Crippen MR) is 108 cm³/mol. The molecule has 0 bridgehead atoms. The van der Waals surface area contributed by atoms with Crippen molar-refractivity contribution in [3.05, 3.63) is 101 Å². The Morgan fingerprint density at radius 3 is 1.81 bits per heavy atom. The summed E-state index contributed by atoms with van der Waals surface area (Å²) in [5.41, 5.74) is 4.98. The van der Waals surface area contributed by atoms with Crippen molar-refractivity contribution >= 4 is 0 Å². The molecular weight excluding hydrogens is 316 g/mol. The minimum absolute atomic E-state index is 0.195. The second kappa shape index (κ2) is 7.78. The van der Waals surface area contributed by atoms with E-state index in [1.54, 1.807) is 0 Å². The average molecular weight is 342 g/mol.